The van der Waals surface area contributed by atoms with Crippen LogP contribution in [0.2, 0.25) is 0 Å². The van der Waals surface area contributed by atoms with Gasteiger partial charge < -0.3 is 25.6 Å². The van der Waals surface area contributed by atoms with Gasteiger partial charge in [0, 0.05) is 25.8 Å². The Morgan fingerprint density at radius 2 is 1.56 bits per heavy atom. The highest BCUT2D eigenvalue weighted by Crippen LogP contribution is 2.22. The van der Waals surface area contributed by atoms with Gasteiger partial charge in [0.2, 0.25) is 23.6 Å². The molecule has 2 aromatic rings. The SMILES string of the molecule is C[C@@]1(Cc2ccccc2)NC(=O)[C@H](CCCC=O)NC(=O)[C@H]2CCCN2C(=O)C(Cc2ccccc2)NC1=O. The van der Waals surface area contributed by atoms with Gasteiger partial charge in [-0.1, -0.05) is 60.7 Å². The van der Waals surface area contributed by atoms with Crippen LogP contribution in [0, 0.1) is 0 Å². The van der Waals surface area contributed by atoms with Crippen LogP contribution in [0.5, 0.6) is 0 Å². The summed E-state index contributed by atoms with van der Waals surface area (Å²) in [6, 6.07) is 16.1. The number of nitrogens with zero attached hydrogens (tertiary/aromatic N) is 1. The first kappa shape index (κ1) is 28.0. The van der Waals surface area contributed by atoms with Crippen LogP contribution in [-0.4, -0.2) is 65.0 Å². The molecule has 2 aliphatic heterocycles. The summed E-state index contributed by atoms with van der Waals surface area (Å²) in [5.41, 5.74) is 0.285. The van der Waals surface area contributed by atoms with E-state index in [1.54, 1.807) is 6.92 Å². The summed E-state index contributed by atoms with van der Waals surface area (Å²) < 4.78 is 0. The minimum atomic E-state index is -1.41. The van der Waals surface area contributed by atoms with Crippen molar-refractivity contribution >= 4 is 29.9 Å². The zero-order valence-electron chi connectivity index (χ0n) is 22.2. The second kappa shape index (κ2) is 12.7. The van der Waals surface area contributed by atoms with Crippen molar-refractivity contribution in [3.05, 3.63) is 71.8 Å². The number of amides is 4. The van der Waals surface area contributed by atoms with Gasteiger partial charge in [0.25, 0.3) is 0 Å². The molecule has 0 saturated carbocycles. The number of benzene rings is 2. The van der Waals surface area contributed by atoms with Gasteiger partial charge >= 0.3 is 0 Å². The summed E-state index contributed by atoms with van der Waals surface area (Å²) in [6.07, 6.45) is 3.19. The second-order valence-electron chi connectivity index (χ2n) is 10.5. The maximum atomic E-state index is 13.9. The van der Waals surface area contributed by atoms with Crippen molar-refractivity contribution in [2.45, 2.75) is 75.5 Å². The number of nitrogens with one attached hydrogen (secondary N) is 3. The molecule has 39 heavy (non-hydrogen) atoms. The lowest BCUT2D eigenvalue weighted by molar-refractivity contribution is -0.144. The van der Waals surface area contributed by atoms with Crippen LogP contribution in [0.4, 0.5) is 0 Å². The lowest BCUT2D eigenvalue weighted by atomic mass is 9.90. The predicted molar refractivity (Wildman–Crippen MR) is 145 cm³/mol. The van der Waals surface area contributed by atoms with Crippen LogP contribution in [-0.2, 0) is 36.8 Å². The number of carbonyl (C=O) groups is 5. The molecule has 1 unspecified atom stereocenters. The van der Waals surface area contributed by atoms with Crippen LogP contribution in [0.25, 0.3) is 0 Å². The highest BCUT2D eigenvalue weighted by atomic mass is 16.2. The largest absolute Gasteiger partial charge is 0.343 e. The third-order valence-electron chi connectivity index (χ3n) is 7.47. The van der Waals surface area contributed by atoms with Crippen LogP contribution in [0.1, 0.15) is 50.2 Å². The molecule has 3 N–H and O–H groups in total. The van der Waals surface area contributed by atoms with Gasteiger partial charge in [-0.25, -0.2) is 0 Å². The molecule has 0 spiro atoms. The van der Waals surface area contributed by atoms with E-state index in [9.17, 15) is 24.0 Å². The summed E-state index contributed by atoms with van der Waals surface area (Å²) in [4.78, 5) is 67.2. The number of unbranched alkanes of at least 4 members (excludes halogenated alkanes) is 1. The third kappa shape index (κ3) is 6.90. The van der Waals surface area contributed by atoms with Gasteiger partial charge in [-0.15, -0.1) is 0 Å². The third-order valence-corrected chi connectivity index (χ3v) is 7.47. The highest BCUT2D eigenvalue weighted by molar-refractivity contribution is 5.99. The summed E-state index contributed by atoms with van der Waals surface area (Å²) in [7, 11) is 0. The van der Waals surface area contributed by atoms with E-state index >= 15 is 0 Å². The molecule has 4 rings (SSSR count). The molecule has 206 valence electrons. The monoisotopic (exact) mass is 532 g/mol. The number of hydrogen-bond acceptors (Lipinski definition) is 5. The van der Waals surface area contributed by atoms with Crippen molar-refractivity contribution in [2.75, 3.05) is 6.54 Å². The molecule has 9 heteroatoms. The number of aldehydes is 1. The van der Waals surface area contributed by atoms with Crippen molar-refractivity contribution in [1.82, 2.24) is 20.9 Å². The summed E-state index contributed by atoms with van der Waals surface area (Å²) >= 11 is 0. The second-order valence-corrected chi connectivity index (χ2v) is 10.5. The van der Waals surface area contributed by atoms with Crippen molar-refractivity contribution in [3.63, 3.8) is 0 Å². The Labute approximate surface area is 228 Å². The zero-order chi connectivity index (χ0) is 27.8. The fourth-order valence-corrected chi connectivity index (χ4v) is 5.36. The maximum absolute atomic E-state index is 13.9. The molecule has 9 nitrogen and oxygen atoms in total. The first-order chi connectivity index (χ1) is 18.8. The molecule has 2 aromatic carbocycles. The molecule has 2 saturated heterocycles. The van der Waals surface area contributed by atoms with Crippen molar-refractivity contribution in [1.29, 1.82) is 0 Å². The fourth-order valence-electron chi connectivity index (χ4n) is 5.36. The van der Waals surface area contributed by atoms with Gasteiger partial charge in [0.1, 0.15) is 30.0 Å². The summed E-state index contributed by atoms with van der Waals surface area (Å²) in [5.74, 6) is -1.71. The lowest BCUT2D eigenvalue weighted by Crippen LogP contribution is -2.66. The van der Waals surface area contributed by atoms with Gasteiger partial charge in [-0.3, -0.25) is 19.2 Å². The molecule has 0 aliphatic carbocycles. The van der Waals surface area contributed by atoms with Gasteiger partial charge in [-0.05, 0) is 43.7 Å². The lowest BCUT2D eigenvalue weighted by Gasteiger charge is -2.36. The molecular weight excluding hydrogens is 496 g/mol. The Morgan fingerprint density at radius 1 is 0.897 bits per heavy atom. The van der Waals surface area contributed by atoms with E-state index < -0.39 is 41.4 Å². The minimum Gasteiger partial charge on any atom is -0.343 e. The zero-order valence-corrected chi connectivity index (χ0v) is 22.2. The topological polar surface area (TPSA) is 125 Å². The van der Waals surface area contributed by atoms with E-state index in [4.69, 9.17) is 0 Å². The summed E-state index contributed by atoms with van der Waals surface area (Å²) in [5, 5.41) is 8.65. The Kier molecular flexibility index (Phi) is 9.11. The molecule has 0 radical (unpaired) electrons. The molecule has 0 bridgehead atoms. The van der Waals surface area contributed by atoms with E-state index in [0.29, 0.717) is 25.8 Å². The molecule has 2 fully saturated rings. The van der Waals surface area contributed by atoms with Crippen LogP contribution in [0.3, 0.4) is 0 Å². The first-order valence-electron chi connectivity index (χ1n) is 13.6. The fraction of sp³-hybridized carbons (Fsp3) is 0.433. The Bertz CT molecular complexity index is 1190. The van der Waals surface area contributed by atoms with Crippen molar-refractivity contribution in [2.24, 2.45) is 0 Å². The van der Waals surface area contributed by atoms with Crippen LogP contribution < -0.4 is 16.0 Å². The van der Waals surface area contributed by atoms with E-state index in [1.807, 2.05) is 60.7 Å². The van der Waals surface area contributed by atoms with Gasteiger partial charge in [0.05, 0.1) is 0 Å². The smallest absolute Gasteiger partial charge is 0.246 e. The molecule has 2 heterocycles. The van der Waals surface area contributed by atoms with Gasteiger partial charge in [0.15, 0.2) is 0 Å². The number of carbonyl (C=O) groups excluding carboxylic acids is 5. The highest BCUT2D eigenvalue weighted by Gasteiger charge is 2.43. The van der Waals surface area contributed by atoms with E-state index in [-0.39, 0.29) is 31.6 Å². The van der Waals surface area contributed by atoms with E-state index in [2.05, 4.69) is 16.0 Å². The quantitative estimate of drug-likeness (QED) is 0.353. The molecule has 4 amide bonds. The Morgan fingerprint density at radius 3 is 2.23 bits per heavy atom. The molecule has 0 aromatic heterocycles. The molecule has 4 atom stereocenters. The van der Waals surface area contributed by atoms with Crippen LogP contribution >= 0.6 is 0 Å². The first-order valence-corrected chi connectivity index (χ1v) is 13.6. The average molecular weight is 533 g/mol. The van der Waals surface area contributed by atoms with Crippen molar-refractivity contribution < 1.29 is 24.0 Å². The van der Waals surface area contributed by atoms with Crippen LogP contribution in [0.15, 0.2) is 60.7 Å². The molecule has 2 aliphatic rings. The number of rotatable bonds is 8. The van der Waals surface area contributed by atoms with E-state index in [1.165, 1.54) is 4.90 Å². The summed E-state index contributed by atoms with van der Waals surface area (Å²) in [6.45, 7) is 2.02. The number of fused-ring (bicyclic) bond motifs is 1. The van der Waals surface area contributed by atoms with Crippen molar-refractivity contribution in [3.8, 4) is 0 Å². The molecular formula is C30H36N4O5. The van der Waals surface area contributed by atoms with E-state index in [0.717, 1.165) is 17.4 Å². The predicted octanol–water partition coefficient (Wildman–Crippen LogP) is 1.69. The Hall–Kier alpha value is -4.01. The Balaban J connectivity index is 1.71. The van der Waals surface area contributed by atoms with Gasteiger partial charge in [-0.2, -0.15) is 0 Å². The maximum Gasteiger partial charge on any atom is 0.246 e. The average Bonchev–Trinajstić information content (AvgIpc) is 3.42. The number of hydrogen-bond donors (Lipinski definition) is 3. The minimum absolute atomic E-state index is 0.180. The standard InChI is InChI=1S/C30H36N4O5/c1-30(20-22-13-6-3-7-14-22)29(39)32-24(19-21-11-4-2-5-12-21)28(38)34-17-10-16-25(34)27(37)31-23(26(36)33-30)15-8-9-18-35/h2-7,11-14,18,23-25H,8-10,15-17,19-20H2,1H3,(H,31,37)(H,32,39)(H,33,36)/t23-,24?,25+,30-/m0/s1. The normalized spacial score (nSPS) is 26.0.